The molecule has 0 bridgehead atoms. The van der Waals surface area contributed by atoms with Crippen molar-refractivity contribution >= 4 is 36.3 Å². The Labute approximate surface area is 195 Å². The normalized spacial score (nSPS) is 13.3. The molecule has 13 nitrogen and oxygen atoms in total. The zero-order valence-electron chi connectivity index (χ0n) is 17.5. The molecular formula is C19H19ClN5O8P. The Morgan fingerprint density at radius 3 is 2.82 bits per heavy atom. The van der Waals surface area contributed by atoms with Crippen LogP contribution in [0.3, 0.4) is 0 Å². The molecule has 15 heteroatoms. The zero-order valence-corrected chi connectivity index (χ0v) is 19.2. The summed E-state index contributed by atoms with van der Waals surface area (Å²) in [6, 6.07) is 6.83. The average Bonchev–Trinajstić information content (AvgIpc) is 3.40. The molecule has 1 unspecified atom stereocenters. The molecule has 3 N–H and O–H groups in total. The van der Waals surface area contributed by atoms with Gasteiger partial charge in [0.25, 0.3) is 5.56 Å². The highest BCUT2D eigenvalue weighted by atomic mass is 35.5. The predicted molar refractivity (Wildman–Crippen MR) is 119 cm³/mol. The van der Waals surface area contributed by atoms with Crippen molar-refractivity contribution in [2.45, 2.75) is 19.8 Å². The van der Waals surface area contributed by atoms with Crippen molar-refractivity contribution in [1.29, 1.82) is 0 Å². The van der Waals surface area contributed by atoms with Crippen LogP contribution in [0, 0.1) is 0 Å². The van der Waals surface area contributed by atoms with Gasteiger partial charge in [-0.1, -0.05) is 23.7 Å². The van der Waals surface area contributed by atoms with Crippen molar-refractivity contribution in [3.8, 4) is 0 Å². The number of H-pyrrole nitrogens is 1. The summed E-state index contributed by atoms with van der Waals surface area (Å²) in [6.45, 7) is -0.0967. The second kappa shape index (κ2) is 10.4. The van der Waals surface area contributed by atoms with Gasteiger partial charge in [-0.3, -0.25) is 18.9 Å². The number of rotatable bonds is 11. The summed E-state index contributed by atoms with van der Waals surface area (Å²) in [4.78, 5) is 33.4. The molecule has 3 heterocycles. The van der Waals surface area contributed by atoms with Crippen LogP contribution in [-0.4, -0.2) is 32.5 Å². The second-order valence-corrected chi connectivity index (χ2v) is 9.37. The van der Waals surface area contributed by atoms with Crippen LogP contribution in [0.4, 0.5) is 5.95 Å². The smallest absolute Gasteiger partial charge is 0.399 e. The van der Waals surface area contributed by atoms with Crippen molar-refractivity contribution in [3.05, 3.63) is 74.2 Å². The Bertz CT molecular complexity index is 1440. The van der Waals surface area contributed by atoms with Crippen LogP contribution < -0.4 is 17.1 Å². The lowest BCUT2D eigenvalue weighted by molar-refractivity contribution is 0.114. The Balaban J connectivity index is 1.39. The molecule has 0 spiro atoms. The van der Waals surface area contributed by atoms with Crippen molar-refractivity contribution in [3.63, 3.8) is 0 Å². The fourth-order valence-electron chi connectivity index (χ4n) is 2.88. The van der Waals surface area contributed by atoms with E-state index in [2.05, 4.69) is 19.4 Å². The van der Waals surface area contributed by atoms with Crippen molar-refractivity contribution in [1.82, 2.24) is 19.5 Å². The lowest BCUT2D eigenvalue weighted by Gasteiger charge is -2.18. The van der Waals surface area contributed by atoms with Gasteiger partial charge in [-0.05, 0) is 17.7 Å². The summed E-state index contributed by atoms with van der Waals surface area (Å²) in [5, 5.41) is 0.494. The van der Waals surface area contributed by atoms with E-state index in [0.717, 1.165) is 6.26 Å². The Morgan fingerprint density at radius 2 is 2.06 bits per heavy atom. The fraction of sp³-hybridized carbons (Fsp3) is 0.263. The van der Waals surface area contributed by atoms with Crippen LogP contribution >= 0.6 is 19.2 Å². The number of nitrogen functional groups attached to an aromatic ring is 1. The number of nitrogens with two attached hydrogens (primary N) is 1. The highest BCUT2D eigenvalue weighted by molar-refractivity contribution is 7.53. The molecule has 34 heavy (non-hydrogen) atoms. The topological polar surface area (TPSA) is 178 Å². The average molecular weight is 512 g/mol. The molecular weight excluding hydrogens is 493 g/mol. The summed E-state index contributed by atoms with van der Waals surface area (Å²) < 4.78 is 40.6. The van der Waals surface area contributed by atoms with Gasteiger partial charge in [-0.2, -0.15) is 4.98 Å². The van der Waals surface area contributed by atoms with E-state index in [1.165, 1.54) is 6.33 Å². The minimum Gasteiger partial charge on any atom is -0.399 e. The van der Waals surface area contributed by atoms with Crippen LogP contribution in [0.2, 0.25) is 5.02 Å². The van der Waals surface area contributed by atoms with E-state index in [0.29, 0.717) is 10.6 Å². The van der Waals surface area contributed by atoms with E-state index in [4.69, 9.17) is 35.5 Å². The van der Waals surface area contributed by atoms with E-state index in [1.807, 2.05) is 0 Å². The highest BCUT2D eigenvalue weighted by Crippen LogP contribution is 2.49. The number of ether oxygens (including phenoxy) is 1. The minimum absolute atomic E-state index is 0.0374. The van der Waals surface area contributed by atoms with Gasteiger partial charge in [0, 0.05) is 11.6 Å². The lowest BCUT2D eigenvalue weighted by Crippen LogP contribution is -2.13. The molecule has 4 rings (SSSR count). The van der Waals surface area contributed by atoms with Gasteiger partial charge in [0.15, 0.2) is 16.9 Å². The highest BCUT2D eigenvalue weighted by Gasteiger charge is 2.26. The largest absolute Gasteiger partial charge is 0.518 e. The first-order valence-corrected chi connectivity index (χ1v) is 11.9. The molecule has 1 aromatic carbocycles. The third-order valence-corrected chi connectivity index (χ3v) is 6.22. The van der Waals surface area contributed by atoms with E-state index in [1.54, 1.807) is 28.8 Å². The van der Waals surface area contributed by atoms with Crippen LogP contribution in [0.5, 0.6) is 0 Å². The van der Waals surface area contributed by atoms with Gasteiger partial charge in [-0.25, -0.2) is 9.78 Å². The monoisotopic (exact) mass is 511 g/mol. The molecule has 0 fully saturated rings. The molecule has 180 valence electrons. The molecule has 0 aliphatic rings. The molecule has 1 atom stereocenters. The molecule has 0 aliphatic carbocycles. The lowest BCUT2D eigenvalue weighted by atomic mass is 10.2. The van der Waals surface area contributed by atoms with Gasteiger partial charge in [0.1, 0.15) is 19.2 Å². The van der Waals surface area contributed by atoms with Crippen molar-refractivity contribution in [2.24, 2.45) is 0 Å². The Hall–Kier alpha value is -3.22. The third kappa shape index (κ3) is 6.01. The molecule has 0 saturated heterocycles. The summed E-state index contributed by atoms with van der Waals surface area (Å²) in [5.41, 5.74) is 6.22. The van der Waals surface area contributed by atoms with E-state index >= 15 is 0 Å². The number of nitrogens with one attached hydrogen (secondary N) is 1. The van der Waals surface area contributed by atoms with Crippen molar-refractivity contribution in [2.75, 3.05) is 18.7 Å². The van der Waals surface area contributed by atoms with Gasteiger partial charge in [0.05, 0.1) is 19.5 Å². The number of imidazole rings is 1. The summed E-state index contributed by atoms with van der Waals surface area (Å²) in [6.07, 6.45) is 2.07. The van der Waals surface area contributed by atoms with Crippen LogP contribution in [0.1, 0.15) is 11.3 Å². The summed E-state index contributed by atoms with van der Waals surface area (Å²) in [5.74, 6) is -0.918. The summed E-state index contributed by atoms with van der Waals surface area (Å²) in [7, 11) is -3.81. The first kappa shape index (κ1) is 23.9. The first-order chi connectivity index (χ1) is 16.3. The van der Waals surface area contributed by atoms with E-state index in [9.17, 15) is 14.2 Å². The standard InChI is InChI=1S/C19H19ClN5O8P/c20-13-3-1-2-12(6-13)7-31-34(28,32-9-14-8-30-19(27)33-14)11-29-5-4-25-10-22-15-16(25)23-18(21)24-17(15)26/h1-3,6,8,10H,4-5,7,9,11H2,(H3,21,23,24,26). The zero-order chi connectivity index (χ0) is 24.1. The van der Waals surface area contributed by atoms with E-state index < -0.39 is 25.3 Å². The third-order valence-electron chi connectivity index (χ3n) is 4.44. The second-order valence-electron chi connectivity index (χ2n) is 6.94. The number of halogens is 1. The fourth-order valence-corrected chi connectivity index (χ4v) is 4.34. The molecule has 4 aromatic rings. The van der Waals surface area contributed by atoms with Crippen LogP contribution in [0.15, 0.2) is 55.3 Å². The number of fused-ring (bicyclic) bond motifs is 1. The molecule has 0 amide bonds. The number of benzene rings is 1. The quantitative estimate of drug-likeness (QED) is 0.223. The van der Waals surface area contributed by atoms with Gasteiger partial charge in [-0.15, -0.1) is 0 Å². The Kier molecular flexibility index (Phi) is 7.29. The predicted octanol–water partition coefficient (Wildman–Crippen LogP) is 2.50. The molecule has 0 radical (unpaired) electrons. The maximum absolute atomic E-state index is 13.3. The van der Waals surface area contributed by atoms with Gasteiger partial charge < -0.3 is 28.4 Å². The first-order valence-electron chi connectivity index (χ1n) is 9.80. The number of hydrogen-bond donors (Lipinski definition) is 2. The maximum atomic E-state index is 13.3. The molecule has 3 aromatic heterocycles. The summed E-state index contributed by atoms with van der Waals surface area (Å²) >= 11 is 5.98. The van der Waals surface area contributed by atoms with Crippen molar-refractivity contribution < 1.29 is 27.2 Å². The van der Waals surface area contributed by atoms with Crippen LogP contribution in [0.25, 0.3) is 11.2 Å². The maximum Gasteiger partial charge on any atom is 0.518 e. The number of hydrogen-bond acceptors (Lipinski definition) is 11. The van der Waals surface area contributed by atoms with Gasteiger partial charge in [0.2, 0.25) is 5.95 Å². The molecule has 0 aliphatic heterocycles. The number of nitrogens with zero attached hydrogens (tertiary/aromatic N) is 3. The molecule has 0 saturated carbocycles. The number of aromatic nitrogens is 4. The SMILES string of the molecule is Nc1nc2c(ncn2CCOCP(=O)(OCc2cccc(Cl)c2)OCc2coc(=O)o2)c(=O)[nH]1. The van der Waals surface area contributed by atoms with Crippen LogP contribution in [-0.2, 0) is 38.1 Å². The number of aromatic amines is 1. The Morgan fingerprint density at radius 1 is 1.24 bits per heavy atom. The van der Waals surface area contributed by atoms with Gasteiger partial charge >= 0.3 is 13.4 Å². The number of anilines is 1. The van der Waals surface area contributed by atoms with E-state index in [-0.39, 0.29) is 49.2 Å². The minimum atomic E-state index is -3.81.